The highest BCUT2D eigenvalue weighted by Gasteiger charge is 2.28. The lowest BCUT2D eigenvalue weighted by atomic mass is 9.77. The topological polar surface area (TPSA) is 21.3 Å². The molecular formula is C21H41NO. The van der Waals surface area contributed by atoms with Gasteiger partial charge in [-0.1, -0.05) is 47.0 Å². The van der Waals surface area contributed by atoms with E-state index in [4.69, 9.17) is 4.74 Å². The Morgan fingerprint density at radius 1 is 0.957 bits per heavy atom. The van der Waals surface area contributed by atoms with E-state index in [1.165, 1.54) is 64.3 Å². The summed E-state index contributed by atoms with van der Waals surface area (Å²) < 4.78 is 6.30. The largest absolute Gasteiger partial charge is 0.378 e. The van der Waals surface area contributed by atoms with Crippen LogP contribution in [0.3, 0.4) is 0 Å². The monoisotopic (exact) mass is 323 g/mol. The summed E-state index contributed by atoms with van der Waals surface area (Å²) in [6, 6.07) is 0.613. The summed E-state index contributed by atoms with van der Waals surface area (Å²) in [7, 11) is 0. The van der Waals surface area contributed by atoms with Gasteiger partial charge in [0.25, 0.3) is 0 Å². The van der Waals surface area contributed by atoms with Crippen molar-refractivity contribution in [2.24, 2.45) is 23.7 Å². The minimum Gasteiger partial charge on any atom is -0.378 e. The highest BCUT2D eigenvalue weighted by Crippen LogP contribution is 2.34. The van der Waals surface area contributed by atoms with E-state index in [0.29, 0.717) is 12.1 Å². The van der Waals surface area contributed by atoms with E-state index in [9.17, 15) is 0 Å². The van der Waals surface area contributed by atoms with Crippen LogP contribution in [0.2, 0.25) is 0 Å². The molecule has 0 spiro atoms. The minimum atomic E-state index is 0.557. The van der Waals surface area contributed by atoms with Gasteiger partial charge in [0.2, 0.25) is 0 Å². The van der Waals surface area contributed by atoms with Gasteiger partial charge in [-0.25, -0.2) is 0 Å². The van der Waals surface area contributed by atoms with Crippen LogP contribution in [0.5, 0.6) is 0 Å². The zero-order valence-electron chi connectivity index (χ0n) is 16.2. The second-order valence-electron chi connectivity index (χ2n) is 8.73. The highest BCUT2D eigenvalue weighted by molar-refractivity contribution is 4.80. The first kappa shape index (κ1) is 19.2. The number of ether oxygens (including phenoxy) is 1. The summed E-state index contributed by atoms with van der Waals surface area (Å²) >= 11 is 0. The third-order valence-electron chi connectivity index (χ3n) is 6.40. The van der Waals surface area contributed by atoms with Crippen molar-refractivity contribution in [3.63, 3.8) is 0 Å². The van der Waals surface area contributed by atoms with Gasteiger partial charge in [0, 0.05) is 12.6 Å². The Bertz CT molecular complexity index is 301. The fraction of sp³-hybridized carbons (Fsp3) is 1.00. The maximum atomic E-state index is 6.30. The molecule has 0 heterocycles. The second kappa shape index (κ2) is 10.0. The first-order chi connectivity index (χ1) is 11.1. The van der Waals surface area contributed by atoms with E-state index in [2.05, 4.69) is 33.0 Å². The first-order valence-corrected chi connectivity index (χ1v) is 10.4. The Balaban J connectivity index is 1.63. The molecule has 0 aromatic rings. The second-order valence-corrected chi connectivity index (χ2v) is 8.73. The molecule has 2 heteroatoms. The Morgan fingerprint density at radius 2 is 1.61 bits per heavy atom. The third kappa shape index (κ3) is 6.74. The van der Waals surface area contributed by atoms with Crippen molar-refractivity contribution in [1.82, 2.24) is 5.32 Å². The van der Waals surface area contributed by atoms with Crippen molar-refractivity contribution < 1.29 is 4.74 Å². The lowest BCUT2D eigenvalue weighted by molar-refractivity contribution is -0.0141. The normalized spacial score (nSPS) is 33.8. The first-order valence-electron chi connectivity index (χ1n) is 10.4. The summed E-state index contributed by atoms with van der Waals surface area (Å²) in [4.78, 5) is 0. The van der Waals surface area contributed by atoms with Gasteiger partial charge >= 0.3 is 0 Å². The van der Waals surface area contributed by atoms with Crippen LogP contribution in [-0.2, 0) is 4.74 Å². The van der Waals surface area contributed by atoms with Crippen LogP contribution in [0, 0.1) is 23.7 Å². The van der Waals surface area contributed by atoms with Crippen molar-refractivity contribution in [3.8, 4) is 0 Å². The summed E-state index contributed by atoms with van der Waals surface area (Å²) in [5.41, 5.74) is 0. The number of nitrogens with one attached hydrogen (secondary N) is 1. The molecule has 0 radical (unpaired) electrons. The van der Waals surface area contributed by atoms with Crippen LogP contribution in [0.15, 0.2) is 0 Å². The zero-order chi connectivity index (χ0) is 16.7. The molecule has 23 heavy (non-hydrogen) atoms. The molecule has 0 saturated heterocycles. The van der Waals surface area contributed by atoms with Crippen molar-refractivity contribution >= 4 is 0 Å². The van der Waals surface area contributed by atoms with Crippen LogP contribution in [0.4, 0.5) is 0 Å². The molecule has 0 aromatic carbocycles. The van der Waals surface area contributed by atoms with E-state index < -0.39 is 0 Å². The Hall–Kier alpha value is -0.0800. The molecule has 0 aliphatic heterocycles. The lowest BCUT2D eigenvalue weighted by Gasteiger charge is -2.35. The zero-order valence-corrected chi connectivity index (χ0v) is 16.2. The van der Waals surface area contributed by atoms with E-state index >= 15 is 0 Å². The number of rotatable bonds is 8. The molecule has 2 saturated carbocycles. The van der Waals surface area contributed by atoms with Gasteiger partial charge in [-0.2, -0.15) is 0 Å². The SMILES string of the molecule is CCC(CNC(C)C)C1CCC(OCC2CCC(C)CC2)CC1. The molecule has 0 aromatic heterocycles. The van der Waals surface area contributed by atoms with E-state index in [-0.39, 0.29) is 0 Å². The standard InChI is InChI=1S/C21H41NO/c1-5-19(14-22-16(2)3)20-10-12-21(13-11-20)23-15-18-8-6-17(4)7-9-18/h16-22H,5-15H2,1-4H3. The molecule has 2 fully saturated rings. The smallest absolute Gasteiger partial charge is 0.0575 e. The molecule has 2 rings (SSSR count). The quantitative estimate of drug-likeness (QED) is 0.644. The average molecular weight is 324 g/mol. The van der Waals surface area contributed by atoms with Crippen LogP contribution in [-0.4, -0.2) is 25.3 Å². The minimum absolute atomic E-state index is 0.557. The van der Waals surface area contributed by atoms with Crippen molar-refractivity contribution in [3.05, 3.63) is 0 Å². The van der Waals surface area contributed by atoms with Gasteiger partial charge in [-0.3, -0.25) is 0 Å². The van der Waals surface area contributed by atoms with Crippen molar-refractivity contribution in [2.75, 3.05) is 13.2 Å². The molecule has 1 unspecified atom stereocenters. The maximum absolute atomic E-state index is 6.30. The lowest BCUT2D eigenvalue weighted by Crippen LogP contribution is -2.35. The predicted molar refractivity (Wildman–Crippen MR) is 99.7 cm³/mol. The van der Waals surface area contributed by atoms with Crippen molar-refractivity contribution in [2.45, 2.75) is 97.6 Å². The molecule has 2 aliphatic rings. The van der Waals surface area contributed by atoms with Gasteiger partial charge in [-0.05, 0) is 68.7 Å². The molecular weight excluding hydrogens is 282 g/mol. The van der Waals surface area contributed by atoms with Crippen LogP contribution in [0.1, 0.15) is 85.5 Å². The summed E-state index contributed by atoms with van der Waals surface area (Å²) in [5, 5.41) is 3.65. The van der Waals surface area contributed by atoms with Crippen LogP contribution in [0.25, 0.3) is 0 Å². The molecule has 0 amide bonds. The maximum Gasteiger partial charge on any atom is 0.0575 e. The number of hydrogen-bond acceptors (Lipinski definition) is 2. The van der Waals surface area contributed by atoms with Gasteiger partial charge in [0.05, 0.1) is 6.10 Å². The number of hydrogen-bond donors (Lipinski definition) is 1. The Labute approximate surface area is 145 Å². The predicted octanol–water partition coefficient (Wildman–Crippen LogP) is 5.41. The fourth-order valence-corrected chi connectivity index (χ4v) is 4.53. The van der Waals surface area contributed by atoms with E-state index in [1.54, 1.807) is 0 Å². The van der Waals surface area contributed by atoms with Gasteiger partial charge in [-0.15, -0.1) is 0 Å². The van der Waals surface area contributed by atoms with Gasteiger partial charge in [0.15, 0.2) is 0 Å². The van der Waals surface area contributed by atoms with Gasteiger partial charge in [0.1, 0.15) is 0 Å². The van der Waals surface area contributed by atoms with Crippen molar-refractivity contribution in [1.29, 1.82) is 0 Å². The molecule has 1 N–H and O–H groups in total. The summed E-state index contributed by atoms with van der Waals surface area (Å²) in [6.07, 6.45) is 12.9. The van der Waals surface area contributed by atoms with Crippen LogP contribution >= 0.6 is 0 Å². The summed E-state index contributed by atoms with van der Waals surface area (Å²) in [5.74, 6) is 3.58. The average Bonchev–Trinajstić information content (AvgIpc) is 2.56. The fourth-order valence-electron chi connectivity index (χ4n) is 4.53. The van der Waals surface area contributed by atoms with Crippen LogP contribution < -0.4 is 5.32 Å². The highest BCUT2D eigenvalue weighted by atomic mass is 16.5. The molecule has 2 aliphatic carbocycles. The Morgan fingerprint density at radius 3 is 2.17 bits per heavy atom. The third-order valence-corrected chi connectivity index (χ3v) is 6.40. The van der Waals surface area contributed by atoms with E-state index in [1.807, 2.05) is 0 Å². The molecule has 136 valence electrons. The molecule has 1 atom stereocenters. The summed E-state index contributed by atoms with van der Waals surface area (Å²) in [6.45, 7) is 11.5. The molecule has 2 nitrogen and oxygen atoms in total. The Kier molecular flexibility index (Phi) is 8.40. The van der Waals surface area contributed by atoms with Gasteiger partial charge < -0.3 is 10.1 Å². The van der Waals surface area contributed by atoms with E-state index in [0.717, 1.165) is 30.3 Å². The molecule has 0 bridgehead atoms.